The van der Waals surface area contributed by atoms with Crippen molar-refractivity contribution in [3.8, 4) is 11.5 Å². The van der Waals surface area contributed by atoms with Crippen LogP contribution >= 0.6 is 0 Å². The summed E-state index contributed by atoms with van der Waals surface area (Å²) in [4.78, 5) is 25.0. The third-order valence-electron chi connectivity index (χ3n) is 4.18. The normalized spacial score (nSPS) is 20.2. The number of rotatable bonds is 5. The van der Waals surface area contributed by atoms with Crippen molar-refractivity contribution in [2.75, 3.05) is 13.2 Å². The average Bonchev–Trinajstić information content (AvgIpc) is 2.59. The first-order valence-corrected chi connectivity index (χ1v) is 9.87. The van der Waals surface area contributed by atoms with Crippen LogP contribution in [0, 0.1) is 5.92 Å². The van der Waals surface area contributed by atoms with Crippen LogP contribution in [0.5, 0.6) is 11.5 Å². The van der Waals surface area contributed by atoms with Crippen LogP contribution in [0.2, 0.25) is 0 Å². The number of hydrogen-bond donors (Lipinski definition) is 3. The van der Waals surface area contributed by atoms with Gasteiger partial charge in [0, 0.05) is 0 Å². The fourth-order valence-electron chi connectivity index (χ4n) is 2.84. The summed E-state index contributed by atoms with van der Waals surface area (Å²) in [7, 11) is 0. The van der Waals surface area contributed by atoms with E-state index in [1.54, 1.807) is 32.9 Å². The van der Waals surface area contributed by atoms with Crippen molar-refractivity contribution < 1.29 is 28.9 Å². The molecule has 0 aromatic heterocycles. The summed E-state index contributed by atoms with van der Waals surface area (Å²) in [5.74, 6) is 0.838. The van der Waals surface area contributed by atoms with Gasteiger partial charge < -0.3 is 30.0 Å². The van der Waals surface area contributed by atoms with E-state index in [2.05, 4.69) is 10.6 Å². The van der Waals surface area contributed by atoms with Gasteiger partial charge in [-0.1, -0.05) is 26.0 Å². The van der Waals surface area contributed by atoms with Gasteiger partial charge in [-0.05, 0) is 45.2 Å². The van der Waals surface area contributed by atoms with Gasteiger partial charge in [-0.15, -0.1) is 0 Å². The van der Waals surface area contributed by atoms with Crippen molar-refractivity contribution in [3.05, 3.63) is 24.3 Å². The minimum Gasteiger partial charge on any atom is -0.487 e. The summed E-state index contributed by atoms with van der Waals surface area (Å²) in [6, 6.07) is 5.66. The lowest BCUT2D eigenvalue weighted by Crippen LogP contribution is -2.56. The predicted octanol–water partition coefficient (Wildman–Crippen LogP) is 2.24. The number of para-hydroxylation sites is 2. The number of alkyl carbamates (subject to hydrolysis) is 1. The first kappa shape index (κ1) is 22.8. The molecule has 8 heteroatoms. The zero-order chi connectivity index (χ0) is 21.6. The van der Waals surface area contributed by atoms with Crippen molar-refractivity contribution in [3.63, 3.8) is 0 Å². The van der Waals surface area contributed by atoms with Crippen LogP contribution in [0.1, 0.15) is 41.0 Å². The Hall–Kier alpha value is -2.48. The third kappa shape index (κ3) is 7.45. The summed E-state index contributed by atoms with van der Waals surface area (Å²) >= 11 is 0. The fraction of sp³-hybridized carbons (Fsp3) is 0.619. The number of hydrogen-bond acceptors (Lipinski definition) is 6. The molecular formula is C21H32N2O6. The van der Waals surface area contributed by atoms with Crippen LogP contribution in [0.4, 0.5) is 4.79 Å². The molecular weight excluding hydrogens is 376 g/mol. The highest BCUT2D eigenvalue weighted by Crippen LogP contribution is 2.28. The molecule has 8 nitrogen and oxygen atoms in total. The van der Waals surface area contributed by atoms with Crippen molar-refractivity contribution in [1.82, 2.24) is 10.6 Å². The maximum Gasteiger partial charge on any atom is 0.408 e. The zero-order valence-electron chi connectivity index (χ0n) is 17.7. The molecule has 1 heterocycles. The van der Waals surface area contributed by atoms with Crippen LogP contribution < -0.4 is 20.1 Å². The van der Waals surface area contributed by atoms with Gasteiger partial charge in [0.1, 0.15) is 31.0 Å². The minimum atomic E-state index is -0.964. The minimum absolute atomic E-state index is 0.0136. The van der Waals surface area contributed by atoms with Gasteiger partial charge in [0.25, 0.3) is 0 Å². The Morgan fingerprint density at radius 3 is 2.31 bits per heavy atom. The van der Waals surface area contributed by atoms with Crippen molar-refractivity contribution >= 4 is 12.0 Å². The van der Waals surface area contributed by atoms with Gasteiger partial charge in [-0.25, -0.2) is 4.79 Å². The smallest absolute Gasteiger partial charge is 0.408 e. The Morgan fingerprint density at radius 2 is 1.76 bits per heavy atom. The fourth-order valence-corrected chi connectivity index (χ4v) is 2.84. The van der Waals surface area contributed by atoms with E-state index in [1.165, 1.54) is 0 Å². The second kappa shape index (κ2) is 9.82. The van der Waals surface area contributed by atoms with Gasteiger partial charge in [0.2, 0.25) is 5.91 Å². The molecule has 0 saturated carbocycles. The van der Waals surface area contributed by atoms with E-state index in [0.717, 1.165) is 0 Å². The molecule has 1 aromatic rings. The number of ether oxygens (including phenoxy) is 3. The molecule has 0 fully saturated rings. The largest absolute Gasteiger partial charge is 0.487 e. The summed E-state index contributed by atoms with van der Waals surface area (Å²) in [5, 5.41) is 15.8. The van der Waals surface area contributed by atoms with Crippen molar-refractivity contribution in [2.45, 2.75) is 64.8 Å². The third-order valence-corrected chi connectivity index (χ3v) is 4.18. The van der Waals surface area contributed by atoms with E-state index in [-0.39, 0.29) is 19.1 Å². The molecule has 2 amide bonds. The van der Waals surface area contributed by atoms with E-state index >= 15 is 0 Å². The highest BCUT2D eigenvalue weighted by molar-refractivity contribution is 5.86. The molecule has 3 atom stereocenters. The first-order chi connectivity index (χ1) is 13.5. The SMILES string of the molecule is CC(C)CC(NC(=O)OC(C)(C)C)C(=O)NC1COc2ccccc2OC[C@H]1O. The molecule has 0 bridgehead atoms. The lowest BCUT2D eigenvalue weighted by atomic mass is 10.0. The van der Waals surface area contributed by atoms with E-state index in [9.17, 15) is 14.7 Å². The number of benzene rings is 1. The van der Waals surface area contributed by atoms with Crippen LogP contribution in [0.25, 0.3) is 0 Å². The Balaban J connectivity index is 2.04. The maximum absolute atomic E-state index is 12.8. The Labute approximate surface area is 171 Å². The number of carbonyl (C=O) groups is 2. The highest BCUT2D eigenvalue weighted by Gasteiger charge is 2.30. The van der Waals surface area contributed by atoms with Crippen LogP contribution in [0.15, 0.2) is 24.3 Å². The second-order valence-electron chi connectivity index (χ2n) is 8.58. The lowest BCUT2D eigenvalue weighted by Gasteiger charge is -2.30. The van der Waals surface area contributed by atoms with Gasteiger partial charge in [0.05, 0.1) is 6.04 Å². The molecule has 0 radical (unpaired) electrons. The maximum atomic E-state index is 12.8. The number of amides is 2. The molecule has 1 aromatic carbocycles. The van der Waals surface area contributed by atoms with Gasteiger partial charge >= 0.3 is 6.09 Å². The van der Waals surface area contributed by atoms with E-state index in [1.807, 2.05) is 26.0 Å². The van der Waals surface area contributed by atoms with Crippen LogP contribution in [-0.4, -0.2) is 54.1 Å². The molecule has 0 spiro atoms. The van der Waals surface area contributed by atoms with Gasteiger partial charge in [0.15, 0.2) is 11.5 Å². The standard InChI is InChI=1S/C21H32N2O6/c1-13(2)10-14(23-20(26)29-21(3,4)5)19(25)22-15-11-27-17-8-6-7-9-18(17)28-12-16(15)24/h6-9,13-16,24H,10-12H2,1-5H3,(H,22,25)(H,23,26)/t14?,15?,16-/m1/s1. The Morgan fingerprint density at radius 1 is 1.17 bits per heavy atom. The van der Waals surface area contributed by atoms with Gasteiger partial charge in [-0.3, -0.25) is 4.79 Å². The van der Waals surface area contributed by atoms with Crippen LogP contribution in [0.3, 0.4) is 0 Å². The number of aliphatic hydroxyl groups is 1. The lowest BCUT2D eigenvalue weighted by molar-refractivity contribution is -0.125. The molecule has 29 heavy (non-hydrogen) atoms. The highest BCUT2D eigenvalue weighted by atomic mass is 16.6. The molecule has 2 rings (SSSR count). The molecule has 0 saturated heterocycles. The Kier molecular flexibility index (Phi) is 7.73. The topological polar surface area (TPSA) is 106 Å². The summed E-state index contributed by atoms with van der Waals surface area (Å²) < 4.78 is 16.6. The second-order valence-corrected chi connectivity index (χ2v) is 8.58. The van der Waals surface area contributed by atoms with E-state index in [4.69, 9.17) is 14.2 Å². The van der Waals surface area contributed by atoms with Crippen LogP contribution in [-0.2, 0) is 9.53 Å². The molecule has 3 N–H and O–H groups in total. The number of nitrogens with one attached hydrogen (secondary N) is 2. The van der Waals surface area contributed by atoms with E-state index in [0.29, 0.717) is 17.9 Å². The quantitative estimate of drug-likeness (QED) is 0.690. The molecule has 1 aliphatic heterocycles. The predicted molar refractivity (Wildman–Crippen MR) is 108 cm³/mol. The van der Waals surface area contributed by atoms with Gasteiger partial charge in [-0.2, -0.15) is 0 Å². The molecule has 2 unspecified atom stereocenters. The van der Waals surface area contributed by atoms with Crippen molar-refractivity contribution in [2.24, 2.45) is 5.92 Å². The first-order valence-electron chi connectivity index (χ1n) is 9.87. The zero-order valence-corrected chi connectivity index (χ0v) is 17.7. The van der Waals surface area contributed by atoms with Crippen molar-refractivity contribution in [1.29, 1.82) is 0 Å². The van der Waals surface area contributed by atoms with E-state index < -0.39 is 35.8 Å². The monoisotopic (exact) mass is 408 g/mol. The average molecular weight is 408 g/mol. The number of fused-ring (bicyclic) bond motifs is 1. The number of aliphatic hydroxyl groups excluding tert-OH is 1. The molecule has 0 aliphatic carbocycles. The Bertz CT molecular complexity index is 701. The number of carbonyl (C=O) groups excluding carboxylic acids is 2. The molecule has 162 valence electrons. The summed E-state index contributed by atoms with van der Waals surface area (Å²) in [6.45, 7) is 9.26. The molecule has 1 aliphatic rings. The summed E-state index contributed by atoms with van der Waals surface area (Å²) in [6.07, 6.45) is -1.20. The summed E-state index contributed by atoms with van der Waals surface area (Å²) in [5.41, 5.74) is -0.669.